The highest BCUT2D eigenvalue weighted by Crippen LogP contribution is 2.34. The molecule has 3 aromatic rings. The molecule has 5 nitrogen and oxygen atoms in total. The van der Waals surface area contributed by atoms with Crippen molar-refractivity contribution < 1.29 is 14.6 Å². The smallest absolute Gasteiger partial charge is 0.166 e. The van der Waals surface area contributed by atoms with Gasteiger partial charge in [0.15, 0.2) is 5.16 Å². The fourth-order valence-corrected chi connectivity index (χ4v) is 3.41. The van der Waals surface area contributed by atoms with E-state index in [1.165, 1.54) is 11.8 Å². The molecule has 0 aliphatic rings. The van der Waals surface area contributed by atoms with Crippen molar-refractivity contribution in [3.8, 4) is 34.0 Å². The van der Waals surface area contributed by atoms with E-state index >= 15 is 0 Å². The zero-order chi connectivity index (χ0) is 19.4. The Balaban J connectivity index is 2.00. The quantitative estimate of drug-likeness (QED) is 0.582. The Morgan fingerprint density at radius 1 is 0.926 bits per heavy atom. The molecule has 2 N–H and O–H groups in total. The van der Waals surface area contributed by atoms with Crippen LogP contribution in [0.4, 0.5) is 0 Å². The number of nitrogens with zero attached hydrogens (tertiary/aromatic N) is 1. The van der Waals surface area contributed by atoms with Gasteiger partial charge in [-0.1, -0.05) is 11.8 Å². The molecule has 0 aliphatic carbocycles. The van der Waals surface area contributed by atoms with Crippen LogP contribution < -0.4 is 9.47 Å². The number of aromatic nitrogens is 2. The summed E-state index contributed by atoms with van der Waals surface area (Å²) in [4.78, 5) is 8.19. The normalized spacial score (nSPS) is 11.4. The molecule has 0 aliphatic heterocycles. The van der Waals surface area contributed by atoms with Crippen molar-refractivity contribution in [2.45, 2.75) is 24.6 Å². The number of nitrogens with one attached hydrogen (secondary N) is 1. The molecule has 0 saturated carbocycles. The molecule has 6 heteroatoms. The average molecular weight is 385 g/mol. The van der Waals surface area contributed by atoms with Crippen molar-refractivity contribution in [1.29, 1.82) is 0 Å². The molecule has 0 spiro atoms. The summed E-state index contributed by atoms with van der Waals surface area (Å²) in [5.41, 5.74) is 3.04. The summed E-state index contributed by atoms with van der Waals surface area (Å²) in [6.07, 6.45) is 0. The number of ether oxygens (including phenoxy) is 2. The van der Waals surface area contributed by atoms with Gasteiger partial charge in [-0.2, -0.15) is 0 Å². The van der Waals surface area contributed by atoms with Crippen LogP contribution >= 0.6 is 11.8 Å². The zero-order valence-electron chi connectivity index (χ0n) is 15.9. The van der Waals surface area contributed by atoms with Gasteiger partial charge in [0.2, 0.25) is 0 Å². The molecular formula is C21H24N2O3S. The Hall–Kier alpha value is -2.44. The third-order valence-electron chi connectivity index (χ3n) is 3.99. The minimum Gasteiger partial charge on any atom is -0.497 e. The first-order valence-corrected chi connectivity index (χ1v) is 9.62. The predicted molar refractivity (Wildman–Crippen MR) is 110 cm³/mol. The van der Waals surface area contributed by atoms with Crippen LogP contribution in [-0.4, -0.2) is 40.6 Å². The van der Waals surface area contributed by atoms with Gasteiger partial charge in [-0.25, -0.2) is 4.98 Å². The van der Waals surface area contributed by atoms with Crippen LogP contribution in [0.15, 0.2) is 53.7 Å². The monoisotopic (exact) mass is 384 g/mol. The Morgan fingerprint density at radius 2 is 1.44 bits per heavy atom. The molecule has 1 aromatic heterocycles. The highest BCUT2D eigenvalue weighted by molar-refractivity contribution is 7.99. The van der Waals surface area contributed by atoms with Crippen LogP contribution in [0.3, 0.4) is 0 Å². The van der Waals surface area contributed by atoms with E-state index in [1.54, 1.807) is 28.1 Å². The molecule has 0 fully saturated rings. The fraction of sp³-hybridized carbons (Fsp3) is 0.286. The molecular weight excluding hydrogens is 360 g/mol. The molecule has 27 heavy (non-hydrogen) atoms. The summed E-state index contributed by atoms with van der Waals surface area (Å²) in [5.74, 6) is 2.16. The van der Waals surface area contributed by atoms with Gasteiger partial charge in [0, 0.05) is 16.9 Å². The second-order valence-corrected chi connectivity index (χ2v) is 7.79. The SMILES string of the molecule is COc1ccc(-c2nc(SCC(C)(C)O)[nH]c2-c2ccc(OC)cc2)cc1. The third-order valence-corrected chi connectivity index (χ3v) is 5.30. The standard InChI is InChI=1S/C21H24N2O3S/c1-21(2,24)13-27-20-22-18(14-5-9-16(25-3)10-6-14)19(23-20)15-7-11-17(26-4)12-8-15/h5-12,24H,13H2,1-4H3,(H,22,23). The fourth-order valence-electron chi connectivity index (χ4n) is 2.59. The Morgan fingerprint density at radius 3 is 1.93 bits per heavy atom. The van der Waals surface area contributed by atoms with Crippen LogP contribution in [0.1, 0.15) is 13.8 Å². The molecule has 1 heterocycles. The van der Waals surface area contributed by atoms with Gasteiger partial charge in [0.05, 0.1) is 31.2 Å². The Labute approximate surface area is 163 Å². The molecule has 3 rings (SSSR count). The van der Waals surface area contributed by atoms with Gasteiger partial charge in [-0.15, -0.1) is 0 Å². The summed E-state index contributed by atoms with van der Waals surface area (Å²) in [6.45, 7) is 3.58. The van der Waals surface area contributed by atoms with Crippen molar-refractivity contribution in [2.75, 3.05) is 20.0 Å². The highest BCUT2D eigenvalue weighted by atomic mass is 32.2. The lowest BCUT2D eigenvalue weighted by molar-refractivity contribution is 0.107. The number of H-pyrrole nitrogens is 1. The van der Waals surface area contributed by atoms with E-state index in [-0.39, 0.29) is 0 Å². The van der Waals surface area contributed by atoms with Crippen LogP contribution in [-0.2, 0) is 0 Å². The number of thioether (sulfide) groups is 1. The molecule has 2 aromatic carbocycles. The summed E-state index contributed by atoms with van der Waals surface area (Å²) in [7, 11) is 3.30. The van der Waals surface area contributed by atoms with Gasteiger partial charge < -0.3 is 19.6 Å². The van der Waals surface area contributed by atoms with Crippen molar-refractivity contribution in [3.63, 3.8) is 0 Å². The molecule has 0 bridgehead atoms. The molecule has 0 radical (unpaired) electrons. The van der Waals surface area contributed by atoms with E-state index in [2.05, 4.69) is 4.98 Å². The predicted octanol–water partition coefficient (Wildman–Crippen LogP) is 4.62. The maximum absolute atomic E-state index is 10.0. The number of rotatable bonds is 7. The van der Waals surface area contributed by atoms with Crippen LogP contribution in [0, 0.1) is 0 Å². The topological polar surface area (TPSA) is 67.4 Å². The largest absolute Gasteiger partial charge is 0.497 e. The lowest BCUT2D eigenvalue weighted by atomic mass is 10.0. The summed E-state index contributed by atoms with van der Waals surface area (Å²) in [5, 5.41) is 10.8. The average Bonchev–Trinajstić information content (AvgIpc) is 3.10. The van der Waals surface area contributed by atoms with E-state index in [9.17, 15) is 5.11 Å². The maximum atomic E-state index is 10.0. The van der Waals surface area contributed by atoms with Gasteiger partial charge in [-0.3, -0.25) is 0 Å². The summed E-state index contributed by atoms with van der Waals surface area (Å²) >= 11 is 1.50. The van der Waals surface area contributed by atoms with Crippen molar-refractivity contribution >= 4 is 11.8 Å². The number of imidazole rings is 1. The van der Waals surface area contributed by atoms with E-state index in [0.29, 0.717) is 5.75 Å². The van der Waals surface area contributed by atoms with Gasteiger partial charge in [0.25, 0.3) is 0 Å². The minimum atomic E-state index is -0.766. The second-order valence-electron chi connectivity index (χ2n) is 6.82. The van der Waals surface area contributed by atoms with Gasteiger partial charge in [0.1, 0.15) is 11.5 Å². The van der Waals surface area contributed by atoms with E-state index < -0.39 is 5.60 Å². The highest BCUT2D eigenvalue weighted by Gasteiger charge is 2.18. The van der Waals surface area contributed by atoms with Crippen molar-refractivity contribution in [3.05, 3.63) is 48.5 Å². The van der Waals surface area contributed by atoms with Crippen molar-refractivity contribution in [2.24, 2.45) is 0 Å². The number of hydrogen-bond acceptors (Lipinski definition) is 5. The van der Waals surface area contributed by atoms with E-state index in [4.69, 9.17) is 14.5 Å². The minimum absolute atomic E-state index is 0.546. The first-order chi connectivity index (χ1) is 12.9. The first kappa shape index (κ1) is 19.3. The lowest BCUT2D eigenvalue weighted by Crippen LogP contribution is -2.21. The lowest BCUT2D eigenvalue weighted by Gasteiger charge is -2.14. The van der Waals surface area contributed by atoms with E-state index in [0.717, 1.165) is 39.2 Å². The molecule has 0 amide bonds. The van der Waals surface area contributed by atoms with Gasteiger partial charge in [-0.05, 0) is 62.4 Å². The number of methoxy groups -OCH3 is 2. The Bertz CT molecular complexity index is 816. The number of aromatic amines is 1. The maximum Gasteiger partial charge on any atom is 0.166 e. The molecule has 0 unspecified atom stereocenters. The second kappa shape index (κ2) is 8.06. The van der Waals surface area contributed by atoms with E-state index in [1.807, 2.05) is 48.5 Å². The number of hydrogen-bond donors (Lipinski definition) is 2. The Kier molecular flexibility index (Phi) is 5.77. The molecule has 142 valence electrons. The van der Waals surface area contributed by atoms with Crippen LogP contribution in [0.25, 0.3) is 22.5 Å². The van der Waals surface area contributed by atoms with Crippen molar-refractivity contribution in [1.82, 2.24) is 9.97 Å². The number of aliphatic hydroxyl groups is 1. The zero-order valence-corrected chi connectivity index (χ0v) is 16.8. The third kappa shape index (κ3) is 4.84. The van der Waals surface area contributed by atoms with Crippen LogP contribution in [0.2, 0.25) is 0 Å². The first-order valence-electron chi connectivity index (χ1n) is 8.63. The summed E-state index contributed by atoms with van der Waals surface area (Å²) < 4.78 is 10.5. The number of benzene rings is 2. The molecule has 0 saturated heterocycles. The summed E-state index contributed by atoms with van der Waals surface area (Å²) in [6, 6.07) is 15.7. The van der Waals surface area contributed by atoms with Gasteiger partial charge >= 0.3 is 0 Å². The molecule has 0 atom stereocenters. The van der Waals surface area contributed by atoms with Crippen LogP contribution in [0.5, 0.6) is 11.5 Å².